The molecule has 1 nitrogen and oxygen atoms in total. The SMILES string of the molecule is CC(C)C[As](/C=C\CO)CC(C)C. The quantitative estimate of drug-likeness (QED) is 0.714. The van der Waals surface area contributed by atoms with Gasteiger partial charge in [-0.2, -0.15) is 0 Å². The van der Waals surface area contributed by atoms with Crippen LogP contribution in [0, 0.1) is 11.8 Å². The Balaban J connectivity index is 3.95. The zero-order valence-electron chi connectivity index (χ0n) is 9.33. The molecule has 0 aromatic heterocycles. The van der Waals surface area contributed by atoms with Crippen LogP contribution in [0.25, 0.3) is 0 Å². The van der Waals surface area contributed by atoms with E-state index < -0.39 is 14.7 Å². The molecule has 0 radical (unpaired) electrons. The Morgan fingerprint density at radius 1 is 1.08 bits per heavy atom. The molecule has 0 aliphatic carbocycles. The van der Waals surface area contributed by atoms with Gasteiger partial charge in [0.2, 0.25) is 0 Å². The molecule has 0 amide bonds. The molecule has 0 spiro atoms. The van der Waals surface area contributed by atoms with Gasteiger partial charge >= 0.3 is 87.3 Å². The molecular weight excluding hydrogens is 223 g/mol. The number of hydrogen-bond acceptors (Lipinski definition) is 1. The van der Waals surface area contributed by atoms with Crippen LogP contribution in [-0.4, -0.2) is 26.4 Å². The van der Waals surface area contributed by atoms with Gasteiger partial charge in [0.1, 0.15) is 0 Å². The van der Waals surface area contributed by atoms with Crippen molar-refractivity contribution in [3.8, 4) is 0 Å². The third kappa shape index (κ3) is 8.58. The standard InChI is InChI=1S/C11H23AsO/c1-10(2)8-12(6-5-7-13)9-11(3)4/h5-6,10-11,13H,7-9H2,1-4H3/b6-5-. The van der Waals surface area contributed by atoms with Crippen molar-refractivity contribution in [2.45, 2.75) is 38.1 Å². The zero-order valence-corrected chi connectivity index (χ0v) is 11.2. The van der Waals surface area contributed by atoms with Crippen molar-refractivity contribution in [3.05, 3.63) is 10.9 Å². The third-order valence-electron chi connectivity index (χ3n) is 1.62. The minimum atomic E-state index is -0.775. The normalized spacial score (nSPS) is 12.6. The van der Waals surface area contributed by atoms with Crippen LogP contribution < -0.4 is 0 Å². The molecule has 0 fully saturated rings. The molecule has 1 N–H and O–H groups in total. The predicted molar refractivity (Wildman–Crippen MR) is 61.3 cm³/mol. The van der Waals surface area contributed by atoms with Gasteiger partial charge in [0.15, 0.2) is 0 Å². The van der Waals surface area contributed by atoms with Gasteiger partial charge in [0, 0.05) is 0 Å². The third-order valence-corrected chi connectivity index (χ3v) is 7.98. The first-order valence-electron chi connectivity index (χ1n) is 5.07. The van der Waals surface area contributed by atoms with Crippen molar-refractivity contribution in [1.82, 2.24) is 0 Å². The second kappa shape index (κ2) is 7.64. The summed E-state index contributed by atoms with van der Waals surface area (Å²) in [7, 11) is 0. The summed E-state index contributed by atoms with van der Waals surface area (Å²) < 4.78 is 0. The monoisotopic (exact) mass is 246 g/mol. The fourth-order valence-electron chi connectivity index (χ4n) is 1.33. The average Bonchev–Trinajstić information content (AvgIpc) is 1.98. The van der Waals surface area contributed by atoms with Gasteiger partial charge in [0.05, 0.1) is 0 Å². The van der Waals surface area contributed by atoms with Gasteiger partial charge in [-0.1, -0.05) is 0 Å². The Hall–Kier alpha value is 0.258. The van der Waals surface area contributed by atoms with Crippen LogP contribution in [0.4, 0.5) is 0 Å². The number of aliphatic hydroxyl groups is 1. The molecule has 0 rings (SSSR count). The zero-order chi connectivity index (χ0) is 10.3. The van der Waals surface area contributed by atoms with E-state index in [0.29, 0.717) is 0 Å². The predicted octanol–water partition coefficient (Wildman–Crippen LogP) is 2.88. The molecule has 0 atom stereocenters. The van der Waals surface area contributed by atoms with E-state index in [1.807, 2.05) is 6.08 Å². The number of rotatable bonds is 6. The summed E-state index contributed by atoms with van der Waals surface area (Å²) in [4.78, 5) is 2.31. The van der Waals surface area contributed by atoms with E-state index in [4.69, 9.17) is 5.11 Å². The summed E-state index contributed by atoms with van der Waals surface area (Å²) in [5.74, 6) is 1.61. The van der Waals surface area contributed by atoms with Crippen LogP contribution in [0.1, 0.15) is 27.7 Å². The Labute approximate surface area is 87.5 Å². The first-order chi connectivity index (χ1) is 6.06. The van der Waals surface area contributed by atoms with E-state index >= 15 is 0 Å². The molecule has 13 heavy (non-hydrogen) atoms. The fraction of sp³-hybridized carbons (Fsp3) is 0.818. The molecule has 0 aliphatic rings. The second-order valence-electron chi connectivity index (χ2n) is 4.31. The van der Waals surface area contributed by atoms with E-state index in [-0.39, 0.29) is 6.61 Å². The first kappa shape index (κ1) is 13.3. The number of aliphatic hydroxyl groups excluding tert-OH is 1. The summed E-state index contributed by atoms with van der Waals surface area (Å²) in [6.07, 6.45) is 1.94. The Morgan fingerprint density at radius 3 is 1.85 bits per heavy atom. The van der Waals surface area contributed by atoms with E-state index in [0.717, 1.165) is 11.8 Å². The van der Waals surface area contributed by atoms with Gasteiger partial charge in [-0.15, -0.1) is 0 Å². The maximum absolute atomic E-state index is 8.72. The molecular formula is C11H23AsO. The van der Waals surface area contributed by atoms with Crippen LogP contribution in [0.5, 0.6) is 0 Å². The summed E-state index contributed by atoms with van der Waals surface area (Å²) in [5.41, 5.74) is 0. The molecule has 0 aromatic rings. The molecule has 0 unspecified atom stereocenters. The van der Waals surface area contributed by atoms with E-state index in [9.17, 15) is 0 Å². The van der Waals surface area contributed by atoms with Gasteiger partial charge in [-0.3, -0.25) is 0 Å². The van der Waals surface area contributed by atoms with Gasteiger partial charge < -0.3 is 0 Å². The minimum absolute atomic E-state index is 0.210. The Morgan fingerprint density at radius 2 is 1.54 bits per heavy atom. The van der Waals surface area contributed by atoms with Crippen molar-refractivity contribution < 1.29 is 5.11 Å². The Kier molecular flexibility index (Phi) is 7.79. The van der Waals surface area contributed by atoms with Gasteiger partial charge in [0.25, 0.3) is 0 Å². The average molecular weight is 246 g/mol. The van der Waals surface area contributed by atoms with Crippen molar-refractivity contribution in [3.63, 3.8) is 0 Å². The molecule has 0 aromatic carbocycles. The molecule has 0 bridgehead atoms. The molecule has 0 aliphatic heterocycles. The topological polar surface area (TPSA) is 20.2 Å². The van der Waals surface area contributed by atoms with Crippen LogP contribution in [0.15, 0.2) is 10.9 Å². The molecule has 2 heteroatoms. The van der Waals surface area contributed by atoms with Crippen LogP contribution in [0.3, 0.4) is 0 Å². The Bertz CT molecular complexity index is 131. The maximum atomic E-state index is 8.72. The van der Waals surface area contributed by atoms with Crippen LogP contribution in [-0.2, 0) is 0 Å². The van der Waals surface area contributed by atoms with Crippen molar-refractivity contribution in [2.75, 3.05) is 6.61 Å². The van der Waals surface area contributed by atoms with Gasteiger partial charge in [-0.05, 0) is 0 Å². The van der Waals surface area contributed by atoms with E-state index in [1.54, 1.807) is 0 Å². The summed E-state index contributed by atoms with van der Waals surface area (Å²) in [6.45, 7) is 9.36. The van der Waals surface area contributed by atoms with Crippen molar-refractivity contribution in [2.24, 2.45) is 11.8 Å². The summed E-state index contributed by atoms with van der Waals surface area (Å²) >= 11 is -0.775. The van der Waals surface area contributed by atoms with Crippen molar-refractivity contribution in [1.29, 1.82) is 0 Å². The molecule has 78 valence electrons. The number of hydrogen-bond donors (Lipinski definition) is 1. The van der Waals surface area contributed by atoms with Crippen LogP contribution in [0.2, 0.25) is 10.4 Å². The first-order valence-corrected chi connectivity index (χ1v) is 8.81. The summed E-state index contributed by atoms with van der Waals surface area (Å²) in [6, 6.07) is 0. The van der Waals surface area contributed by atoms with Gasteiger partial charge in [-0.25, -0.2) is 0 Å². The molecule has 0 saturated heterocycles. The fourth-order valence-corrected chi connectivity index (χ4v) is 6.91. The molecule has 0 saturated carbocycles. The molecule has 0 heterocycles. The van der Waals surface area contributed by atoms with Crippen LogP contribution >= 0.6 is 0 Å². The second-order valence-corrected chi connectivity index (χ2v) is 8.94. The van der Waals surface area contributed by atoms with E-state index in [2.05, 4.69) is 32.6 Å². The van der Waals surface area contributed by atoms with Crippen molar-refractivity contribution >= 4 is 14.7 Å². The summed E-state index contributed by atoms with van der Waals surface area (Å²) in [5, 5.41) is 11.5. The van der Waals surface area contributed by atoms with E-state index in [1.165, 1.54) is 10.4 Å².